The maximum Gasteiger partial charge on any atom is 0.265 e. The number of nitrogens with zero attached hydrogens (tertiary/aromatic N) is 4. The monoisotopic (exact) mass is 481 g/mol. The third kappa shape index (κ3) is 4.79. The van der Waals surface area contributed by atoms with Gasteiger partial charge in [-0.1, -0.05) is 0 Å². The second-order valence-corrected chi connectivity index (χ2v) is 8.90. The van der Waals surface area contributed by atoms with Gasteiger partial charge < -0.3 is 14.2 Å². The van der Waals surface area contributed by atoms with Crippen molar-refractivity contribution < 1.29 is 22.6 Å². The van der Waals surface area contributed by atoms with Crippen LogP contribution in [0.5, 0.6) is 23.1 Å². The molecule has 2 aromatic carbocycles. The van der Waals surface area contributed by atoms with Crippen LogP contribution in [0.1, 0.15) is 11.4 Å². The van der Waals surface area contributed by atoms with Crippen molar-refractivity contribution in [3.63, 3.8) is 0 Å². The molecule has 0 saturated heterocycles. The molecule has 0 aliphatic heterocycles. The molecule has 4 rings (SSSR count). The molecule has 34 heavy (non-hydrogen) atoms. The Balaban J connectivity index is 1.50. The number of sulfonamides is 1. The third-order valence-electron chi connectivity index (χ3n) is 5.12. The van der Waals surface area contributed by atoms with E-state index in [4.69, 9.17) is 14.2 Å². The third-order valence-corrected chi connectivity index (χ3v) is 6.54. The molecule has 0 unspecified atom stereocenters. The van der Waals surface area contributed by atoms with E-state index in [9.17, 15) is 8.42 Å². The topological polar surface area (TPSA) is 117 Å². The Bertz CT molecular complexity index is 1420. The van der Waals surface area contributed by atoms with Crippen molar-refractivity contribution in [2.75, 3.05) is 18.9 Å². The van der Waals surface area contributed by atoms with Crippen LogP contribution < -0.4 is 18.9 Å². The molecule has 0 bridgehead atoms. The number of hydrogen-bond donors (Lipinski definition) is 1. The van der Waals surface area contributed by atoms with E-state index in [1.165, 1.54) is 32.7 Å². The van der Waals surface area contributed by atoms with Gasteiger partial charge in [-0.3, -0.25) is 9.29 Å². The van der Waals surface area contributed by atoms with Crippen LogP contribution in [0, 0.1) is 13.8 Å². The van der Waals surface area contributed by atoms with Gasteiger partial charge in [0, 0.05) is 23.5 Å². The van der Waals surface area contributed by atoms with Crippen LogP contribution in [0.2, 0.25) is 0 Å². The molecule has 10 nitrogen and oxygen atoms in total. The fourth-order valence-electron chi connectivity index (χ4n) is 3.17. The maximum atomic E-state index is 12.9. The first-order valence-corrected chi connectivity index (χ1v) is 11.6. The molecule has 0 radical (unpaired) electrons. The lowest BCUT2D eigenvalue weighted by molar-refractivity contribution is 0.386. The number of hydrogen-bond acceptors (Lipinski definition) is 8. The Morgan fingerprint density at radius 3 is 2.26 bits per heavy atom. The number of anilines is 1. The summed E-state index contributed by atoms with van der Waals surface area (Å²) in [7, 11) is -1.00. The van der Waals surface area contributed by atoms with Crippen LogP contribution in [0.4, 0.5) is 5.69 Å². The van der Waals surface area contributed by atoms with Crippen molar-refractivity contribution in [3.05, 3.63) is 72.6 Å². The predicted molar refractivity (Wildman–Crippen MR) is 125 cm³/mol. The second kappa shape index (κ2) is 9.40. The zero-order valence-corrected chi connectivity index (χ0v) is 19.8. The molecular formula is C23H23N5O5S. The van der Waals surface area contributed by atoms with E-state index < -0.39 is 10.0 Å². The molecule has 0 fully saturated rings. The van der Waals surface area contributed by atoms with E-state index in [1.54, 1.807) is 42.7 Å². The molecular weight excluding hydrogens is 458 g/mol. The molecule has 0 saturated carbocycles. The number of imidazole rings is 1. The summed E-state index contributed by atoms with van der Waals surface area (Å²) in [5.41, 5.74) is 2.24. The minimum absolute atomic E-state index is 0.00493. The van der Waals surface area contributed by atoms with Gasteiger partial charge in [0.1, 0.15) is 40.6 Å². The highest BCUT2D eigenvalue weighted by molar-refractivity contribution is 7.92. The van der Waals surface area contributed by atoms with Crippen LogP contribution >= 0.6 is 0 Å². The van der Waals surface area contributed by atoms with Gasteiger partial charge in [-0.15, -0.1) is 0 Å². The summed E-state index contributed by atoms with van der Waals surface area (Å²) in [4.78, 5) is 12.7. The Hall–Kier alpha value is -4.12. The number of aryl methyl sites for hydroxylation is 1. The summed E-state index contributed by atoms with van der Waals surface area (Å²) in [5.74, 6) is 2.11. The molecule has 176 valence electrons. The van der Waals surface area contributed by atoms with Gasteiger partial charge in [-0.05, 0) is 50.2 Å². The van der Waals surface area contributed by atoms with E-state index in [0.29, 0.717) is 28.9 Å². The highest BCUT2D eigenvalue weighted by Crippen LogP contribution is 2.30. The fraction of sp³-hybridized carbons (Fsp3) is 0.174. The molecule has 0 amide bonds. The van der Waals surface area contributed by atoms with E-state index in [2.05, 4.69) is 19.7 Å². The van der Waals surface area contributed by atoms with Crippen LogP contribution in [0.15, 0.2) is 66.1 Å². The molecule has 4 aromatic rings. The number of benzene rings is 2. The quantitative estimate of drug-likeness (QED) is 0.403. The summed E-state index contributed by atoms with van der Waals surface area (Å²) in [5, 5.41) is 0. The lowest BCUT2D eigenvalue weighted by Gasteiger charge is -2.13. The second-order valence-electron chi connectivity index (χ2n) is 7.25. The van der Waals surface area contributed by atoms with Gasteiger partial charge >= 0.3 is 0 Å². The zero-order valence-electron chi connectivity index (χ0n) is 19.0. The number of methoxy groups -OCH3 is 2. The molecule has 1 N–H and O–H groups in total. The molecule has 0 spiro atoms. The largest absolute Gasteiger partial charge is 0.497 e. The van der Waals surface area contributed by atoms with Crippen LogP contribution in [-0.4, -0.2) is 42.2 Å². The van der Waals surface area contributed by atoms with Gasteiger partial charge in [0.05, 0.1) is 19.9 Å². The van der Waals surface area contributed by atoms with Gasteiger partial charge in [0.15, 0.2) is 0 Å². The summed E-state index contributed by atoms with van der Waals surface area (Å²) in [6.45, 7) is 3.87. The first-order valence-electron chi connectivity index (χ1n) is 10.2. The minimum Gasteiger partial charge on any atom is -0.497 e. The van der Waals surface area contributed by atoms with E-state index >= 15 is 0 Å². The van der Waals surface area contributed by atoms with Crippen molar-refractivity contribution in [2.24, 2.45) is 0 Å². The van der Waals surface area contributed by atoms with Gasteiger partial charge in [0.25, 0.3) is 10.0 Å². The van der Waals surface area contributed by atoms with Crippen molar-refractivity contribution in [1.29, 1.82) is 0 Å². The molecule has 0 aliphatic rings. The first kappa shape index (κ1) is 23.1. The van der Waals surface area contributed by atoms with Gasteiger partial charge in [-0.2, -0.15) is 0 Å². The zero-order chi connectivity index (χ0) is 24.3. The van der Waals surface area contributed by atoms with Crippen molar-refractivity contribution in [3.8, 4) is 28.9 Å². The van der Waals surface area contributed by atoms with Crippen molar-refractivity contribution in [1.82, 2.24) is 19.5 Å². The van der Waals surface area contributed by atoms with E-state index in [-0.39, 0.29) is 10.6 Å². The SMILES string of the molecule is COc1ccc(S(=O)(=O)Nc2ccc(Oc3cc(-n4cnc(C)c4C)ncn3)cc2)c(OC)c1. The van der Waals surface area contributed by atoms with Crippen LogP contribution in [0.25, 0.3) is 5.82 Å². The maximum absolute atomic E-state index is 12.9. The highest BCUT2D eigenvalue weighted by Gasteiger charge is 2.20. The standard InChI is InChI=1S/C23H23N5O5S/c1-15-16(2)28(14-26-15)22-12-23(25-13-24-22)33-18-7-5-17(6-8-18)27-34(29,30)21-10-9-19(31-3)11-20(21)32-4/h5-14,27H,1-4H3. The Labute approximate surface area is 197 Å². The summed E-state index contributed by atoms with van der Waals surface area (Å²) >= 11 is 0. The Kier molecular flexibility index (Phi) is 6.37. The van der Waals surface area contributed by atoms with Gasteiger partial charge in [0.2, 0.25) is 5.88 Å². The van der Waals surface area contributed by atoms with Crippen LogP contribution in [0.3, 0.4) is 0 Å². The molecule has 0 atom stereocenters. The predicted octanol–water partition coefficient (Wildman–Crippen LogP) is 3.89. The molecule has 2 heterocycles. The average molecular weight is 482 g/mol. The average Bonchev–Trinajstić information content (AvgIpc) is 3.18. The van der Waals surface area contributed by atoms with Crippen molar-refractivity contribution in [2.45, 2.75) is 18.7 Å². The number of ether oxygens (including phenoxy) is 3. The number of rotatable bonds is 8. The normalized spacial score (nSPS) is 11.2. The fourth-order valence-corrected chi connectivity index (χ4v) is 4.38. The highest BCUT2D eigenvalue weighted by atomic mass is 32.2. The van der Waals surface area contributed by atoms with Crippen LogP contribution in [-0.2, 0) is 10.0 Å². The summed E-state index contributed by atoms with van der Waals surface area (Å²) in [6, 6.07) is 12.6. The Morgan fingerprint density at radius 1 is 0.882 bits per heavy atom. The summed E-state index contributed by atoms with van der Waals surface area (Å²) in [6.07, 6.45) is 3.10. The number of nitrogens with one attached hydrogen (secondary N) is 1. The number of aromatic nitrogens is 4. The molecule has 0 aliphatic carbocycles. The van der Waals surface area contributed by atoms with E-state index in [0.717, 1.165) is 11.4 Å². The smallest absolute Gasteiger partial charge is 0.265 e. The Morgan fingerprint density at radius 2 is 1.62 bits per heavy atom. The van der Waals surface area contributed by atoms with Crippen molar-refractivity contribution >= 4 is 15.7 Å². The summed E-state index contributed by atoms with van der Waals surface area (Å²) < 4.78 is 46.3. The van der Waals surface area contributed by atoms with Gasteiger partial charge in [-0.25, -0.2) is 23.4 Å². The first-order chi connectivity index (χ1) is 16.3. The minimum atomic E-state index is -3.89. The lowest BCUT2D eigenvalue weighted by atomic mass is 10.3. The van der Waals surface area contributed by atoms with E-state index in [1.807, 2.05) is 18.4 Å². The molecule has 2 aromatic heterocycles. The lowest BCUT2D eigenvalue weighted by Crippen LogP contribution is -2.14. The molecule has 11 heteroatoms.